The van der Waals surface area contributed by atoms with Crippen molar-refractivity contribution < 1.29 is 9.59 Å². The number of nitrogens with zero attached hydrogens (tertiary/aromatic N) is 2. The van der Waals surface area contributed by atoms with Gasteiger partial charge >= 0.3 is 0 Å². The predicted molar refractivity (Wildman–Crippen MR) is 92.8 cm³/mol. The van der Waals surface area contributed by atoms with Gasteiger partial charge in [0.25, 0.3) is 5.91 Å². The second-order valence-electron chi connectivity index (χ2n) is 5.80. The van der Waals surface area contributed by atoms with Crippen molar-refractivity contribution in [3.05, 3.63) is 52.7 Å². The lowest BCUT2D eigenvalue weighted by Gasteiger charge is -2.33. The highest BCUT2D eigenvalue weighted by Gasteiger charge is 2.31. The maximum absolute atomic E-state index is 12.7. The summed E-state index contributed by atoms with van der Waals surface area (Å²) in [5.74, 6) is -0.00221. The minimum absolute atomic E-state index is 0.0415. The van der Waals surface area contributed by atoms with Gasteiger partial charge in [-0.25, -0.2) is 0 Å². The molecule has 1 aromatic carbocycles. The third kappa shape index (κ3) is 3.45. The quantitative estimate of drug-likeness (QED) is 0.868. The third-order valence-electron chi connectivity index (χ3n) is 4.26. The van der Waals surface area contributed by atoms with Crippen molar-refractivity contribution in [2.45, 2.75) is 12.8 Å². The van der Waals surface area contributed by atoms with E-state index in [9.17, 15) is 9.59 Å². The van der Waals surface area contributed by atoms with Gasteiger partial charge in [0.2, 0.25) is 5.91 Å². The number of amides is 2. The van der Waals surface area contributed by atoms with Crippen molar-refractivity contribution in [1.29, 1.82) is 0 Å². The summed E-state index contributed by atoms with van der Waals surface area (Å²) in [6.45, 7) is 1.24. The van der Waals surface area contributed by atoms with E-state index in [-0.39, 0.29) is 17.7 Å². The SMILES string of the molecule is CN(C(=O)C1CCCN(C(=O)c2cccs2)C1)c1ccccc1. The minimum Gasteiger partial charge on any atom is -0.337 e. The summed E-state index contributed by atoms with van der Waals surface area (Å²) in [6.07, 6.45) is 1.71. The highest BCUT2D eigenvalue weighted by molar-refractivity contribution is 7.12. The van der Waals surface area contributed by atoms with Crippen LogP contribution in [0.15, 0.2) is 47.8 Å². The van der Waals surface area contributed by atoms with E-state index in [1.165, 1.54) is 11.3 Å². The molecule has 1 unspecified atom stereocenters. The molecule has 1 fully saturated rings. The number of rotatable bonds is 3. The lowest BCUT2D eigenvalue weighted by Crippen LogP contribution is -2.45. The molecule has 1 aliphatic rings. The Balaban J connectivity index is 1.68. The molecule has 5 heteroatoms. The van der Waals surface area contributed by atoms with Gasteiger partial charge in [-0.1, -0.05) is 24.3 Å². The van der Waals surface area contributed by atoms with Gasteiger partial charge < -0.3 is 9.80 Å². The molecule has 2 amide bonds. The lowest BCUT2D eigenvalue weighted by atomic mass is 9.96. The molecule has 23 heavy (non-hydrogen) atoms. The molecule has 0 aliphatic carbocycles. The predicted octanol–water partition coefficient (Wildman–Crippen LogP) is 3.26. The number of likely N-dealkylation sites (tertiary alicyclic amines) is 1. The molecular weight excluding hydrogens is 308 g/mol. The van der Waals surface area contributed by atoms with Gasteiger partial charge in [-0.05, 0) is 36.4 Å². The van der Waals surface area contributed by atoms with Crippen LogP contribution in [0.2, 0.25) is 0 Å². The number of benzene rings is 1. The maximum atomic E-state index is 12.7. The van der Waals surface area contributed by atoms with Gasteiger partial charge in [0.1, 0.15) is 0 Å². The summed E-state index contributed by atoms with van der Waals surface area (Å²) in [5.41, 5.74) is 0.888. The van der Waals surface area contributed by atoms with Crippen LogP contribution in [0.5, 0.6) is 0 Å². The van der Waals surface area contributed by atoms with Gasteiger partial charge in [-0.2, -0.15) is 0 Å². The molecule has 3 rings (SSSR count). The number of piperidine rings is 1. The Kier molecular flexibility index (Phi) is 4.76. The molecule has 0 N–H and O–H groups in total. The topological polar surface area (TPSA) is 40.6 Å². The molecule has 2 aromatic rings. The summed E-state index contributed by atoms with van der Waals surface area (Å²) in [4.78, 5) is 29.5. The van der Waals surface area contributed by atoms with E-state index >= 15 is 0 Å². The monoisotopic (exact) mass is 328 g/mol. The van der Waals surface area contributed by atoms with Crippen molar-refractivity contribution in [2.24, 2.45) is 5.92 Å². The summed E-state index contributed by atoms with van der Waals surface area (Å²) < 4.78 is 0. The van der Waals surface area contributed by atoms with E-state index in [0.717, 1.165) is 30.0 Å². The molecule has 0 radical (unpaired) electrons. The Morgan fingerprint density at radius 1 is 1.17 bits per heavy atom. The second kappa shape index (κ2) is 6.96. The van der Waals surface area contributed by atoms with Crippen LogP contribution >= 0.6 is 11.3 Å². The van der Waals surface area contributed by atoms with Crippen molar-refractivity contribution in [1.82, 2.24) is 4.90 Å². The van der Waals surface area contributed by atoms with Crippen LogP contribution in [-0.2, 0) is 4.79 Å². The molecule has 1 aromatic heterocycles. The molecule has 1 saturated heterocycles. The van der Waals surface area contributed by atoms with Crippen LogP contribution in [0.1, 0.15) is 22.5 Å². The Bertz CT molecular complexity index is 670. The molecule has 1 aliphatic heterocycles. The molecule has 1 atom stereocenters. The smallest absolute Gasteiger partial charge is 0.263 e. The minimum atomic E-state index is -0.127. The largest absolute Gasteiger partial charge is 0.337 e. The van der Waals surface area contributed by atoms with Crippen molar-refractivity contribution in [3.63, 3.8) is 0 Å². The average molecular weight is 328 g/mol. The Morgan fingerprint density at radius 2 is 1.96 bits per heavy atom. The summed E-state index contributed by atoms with van der Waals surface area (Å²) in [5, 5.41) is 1.91. The molecule has 4 nitrogen and oxygen atoms in total. The first-order valence-electron chi connectivity index (χ1n) is 7.82. The Labute approximate surface area is 140 Å². The van der Waals surface area contributed by atoms with E-state index in [4.69, 9.17) is 0 Å². The van der Waals surface area contributed by atoms with Crippen LogP contribution < -0.4 is 4.90 Å². The van der Waals surface area contributed by atoms with Crippen LogP contribution in [0, 0.1) is 5.92 Å². The number of thiophene rings is 1. The van der Waals surface area contributed by atoms with E-state index in [1.807, 2.05) is 52.7 Å². The Hall–Kier alpha value is -2.14. The molecule has 0 spiro atoms. The summed E-state index contributed by atoms with van der Waals surface area (Å²) in [6, 6.07) is 13.4. The summed E-state index contributed by atoms with van der Waals surface area (Å²) in [7, 11) is 1.80. The van der Waals surface area contributed by atoms with E-state index in [0.29, 0.717) is 6.54 Å². The van der Waals surface area contributed by atoms with Crippen LogP contribution in [0.3, 0.4) is 0 Å². The number of para-hydroxylation sites is 1. The molecular formula is C18H20N2O2S. The maximum Gasteiger partial charge on any atom is 0.263 e. The zero-order chi connectivity index (χ0) is 16.2. The lowest BCUT2D eigenvalue weighted by molar-refractivity contribution is -0.123. The van der Waals surface area contributed by atoms with Gasteiger partial charge in [0, 0.05) is 25.8 Å². The van der Waals surface area contributed by atoms with Crippen molar-refractivity contribution in [2.75, 3.05) is 25.0 Å². The zero-order valence-corrected chi connectivity index (χ0v) is 14.0. The first-order valence-corrected chi connectivity index (χ1v) is 8.70. The fourth-order valence-electron chi connectivity index (χ4n) is 2.97. The van der Waals surface area contributed by atoms with E-state index < -0.39 is 0 Å². The highest BCUT2D eigenvalue weighted by atomic mass is 32.1. The van der Waals surface area contributed by atoms with Crippen LogP contribution in [0.4, 0.5) is 5.69 Å². The highest BCUT2D eigenvalue weighted by Crippen LogP contribution is 2.23. The van der Waals surface area contributed by atoms with Gasteiger partial charge in [-0.15, -0.1) is 11.3 Å². The molecule has 120 valence electrons. The molecule has 2 heterocycles. The second-order valence-corrected chi connectivity index (χ2v) is 6.75. The zero-order valence-electron chi connectivity index (χ0n) is 13.1. The third-order valence-corrected chi connectivity index (χ3v) is 5.12. The summed E-state index contributed by atoms with van der Waals surface area (Å²) >= 11 is 1.45. The van der Waals surface area contributed by atoms with Crippen molar-refractivity contribution >= 4 is 28.8 Å². The normalized spacial score (nSPS) is 17.8. The average Bonchev–Trinajstić information content (AvgIpc) is 3.15. The standard InChI is InChI=1S/C18H20N2O2S/c1-19(15-8-3-2-4-9-15)17(21)14-7-5-11-20(13-14)18(22)16-10-6-12-23-16/h2-4,6,8-10,12,14H,5,7,11,13H2,1H3. The van der Waals surface area contributed by atoms with E-state index in [2.05, 4.69) is 0 Å². The van der Waals surface area contributed by atoms with Crippen LogP contribution in [-0.4, -0.2) is 36.9 Å². The number of hydrogen-bond donors (Lipinski definition) is 0. The van der Waals surface area contributed by atoms with E-state index in [1.54, 1.807) is 11.9 Å². The first-order chi connectivity index (χ1) is 11.2. The Morgan fingerprint density at radius 3 is 2.65 bits per heavy atom. The number of anilines is 1. The fraction of sp³-hybridized carbons (Fsp3) is 0.333. The number of carbonyl (C=O) groups is 2. The number of carbonyl (C=O) groups excluding carboxylic acids is 2. The van der Waals surface area contributed by atoms with Gasteiger partial charge in [0.05, 0.1) is 10.8 Å². The fourth-order valence-corrected chi connectivity index (χ4v) is 3.66. The molecule has 0 saturated carbocycles. The van der Waals surface area contributed by atoms with Crippen LogP contribution in [0.25, 0.3) is 0 Å². The number of hydrogen-bond acceptors (Lipinski definition) is 3. The van der Waals surface area contributed by atoms with Crippen molar-refractivity contribution in [3.8, 4) is 0 Å². The first kappa shape index (κ1) is 15.7. The van der Waals surface area contributed by atoms with Gasteiger partial charge in [0.15, 0.2) is 0 Å². The molecule has 0 bridgehead atoms. The van der Waals surface area contributed by atoms with Gasteiger partial charge in [-0.3, -0.25) is 9.59 Å².